The molecule has 1 aliphatic carbocycles. The zero-order chi connectivity index (χ0) is 13.6. The van der Waals surface area contributed by atoms with E-state index < -0.39 is 0 Å². The summed E-state index contributed by atoms with van der Waals surface area (Å²) in [6, 6.07) is 0. The van der Waals surface area contributed by atoms with Crippen molar-refractivity contribution in [2.75, 3.05) is 19.6 Å². The van der Waals surface area contributed by atoms with Crippen molar-refractivity contribution < 1.29 is 0 Å². The van der Waals surface area contributed by atoms with Gasteiger partial charge in [-0.2, -0.15) is 0 Å². The van der Waals surface area contributed by atoms with E-state index in [4.69, 9.17) is 5.73 Å². The Labute approximate surface area is 114 Å². The molecule has 0 unspecified atom stereocenters. The first kappa shape index (κ1) is 16.0. The summed E-state index contributed by atoms with van der Waals surface area (Å²) in [4.78, 5) is 2.70. The molecule has 0 atom stereocenters. The topological polar surface area (TPSA) is 29.3 Å². The Kier molecular flexibility index (Phi) is 6.65. The van der Waals surface area contributed by atoms with E-state index in [-0.39, 0.29) is 0 Å². The zero-order valence-corrected chi connectivity index (χ0v) is 13.0. The van der Waals surface area contributed by atoms with Crippen molar-refractivity contribution >= 4 is 0 Å². The fraction of sp³-hybridized carbons (Fsp3) is 1.00. The molecule has 0 heterocycles. The molecule has 0 aromatic carbocycles. The Hall–Kier alpha value is -0.0800. The molecule has 2 N–H and O–H groups in total. The van der Waals surface area contributed by atoms with Crippen LogP contribution < -0.4 is 5.73 Å². The molecule has 1 fully saturated rings. The first-order valence-electron chi connectivity index (χ1n) is 8.06. The van der Waals surface area contributed by atoms with Crippen LogP contribution in [0.3, 0.4) is 0 Å². The van der Waals surface area contributed by atoms with Crippen LogP contribution in [0, 0.1) is 11.8 Å². The van der Waals surface area contributed by atoms with Gasteiger partial charge in [0.1, 0.15) is 0 Å². The van der Waals surface area contributed by atoms with Gasteiger partial charge < -0.3 is 5.73 Å². The summed E-state index contributed by atoms with van der Waals surface area (Å²) in [5, 5.41) is 0. The average Bonchev–Trinajstić information content (AvgIpc) is 2.42. The van der Waals surface area contributed by atoms with E-state index in [1.807, 2.05) is 0 Å². The van der Waals surface area contributed by atoms with Gasteiger partial charge >= 0.3 is 0 Å². The third kappa shape index (κ3) is 3.71. The standard InChI is InChI=1S/C16H34N2/c1-5-15(6-2)12-18(7-3)16(13-17)10-8-14(4)9-11-16/h14-15H,5-13,17H2,1-4H3. The second kappa shape index (κ2) is 7.49. The van der Waals surface area contributed by atoms with Crippen LogP contribution in [0.5, 0.6) is 0 Å². The molecule has 0 aliphatic heterocycles. The van der Waals surface area contributed by atoms with Crippen molar-refractivity contribution in [2.45, 2.75) is 71.8 Å². The Morgan fingerprint density at radius 3 is 2.11 bits per heavy atom. The maximum Gasteiger partial charge on any atom is 0.0331 e. The van der Waals surface area contributed by atoms with Crippen molar-refractivity contribution in [1.29, 1.82) is 0 Å². The molecular formula is C16H34N2. The molecule has 0 spiro atoms. The molecule has 2 nitrogen and oxygen atoms in total. The number of hydrogen-bond acceptors (Lipinski definition) is 2. The van der Waals surface area contributed by atoms with E-state index in [9.17, 15) is 0 Å². The van der Waals surface area contributed by atoms with E-state index in [1.54, 1.807) is 0 Å². The lowest BCUT2D eigenvalue weighted by Crippen LogP contribution is -2.56. The van der Waals surface area contributed by atoms with E-state index in [1.165, 1.54) is 45.1 Å². The summed E-state index contributed by atoms with van der Waals surface area (Å²) >= 11 is 0. The van der Waals surface area contributed by atoms with Crippen LogP contribution >= 0.6 is 0 Å². The monoisotopic (exact) mass is 254 g/mol. The van der Waals surface area contributed by atoms with E-state index in [0.717, 1.165) is 24.9 Å². The van der Waals surface area contributed by atoms with Crippen molar-refractivity contribution in [2.24, 2.45) is 17.6 Å². The highest BCUT2D eigenvalue weighted by atomic mass is 15.2. The van der Waals surface area contributed by atoms with Gasteiger partial charge in [-0.05, 0) is 44.1 Å². The number of hydrogen-bond donors (Lipinski definition) is 1. The highest BCUT2D eigenvalue weighted by Crippen LogP contribution is 2.36. The maximum absolute atomic E-state index is 6.18. The van der Waals surface area contributed by atoms with Gasteiger partial charge in [-0.3, -0.25) is 4.90 Å². The molecule has 0 amide bonds. The summed E-state index contributed by atoms with van der Waals surface area (Å²) in [6.07, 6.45) is 7.92. The lowest BCUT2D eigenvalue weighted by atomic mass is 9.75. The largest absolute Gasteiger partial charge is 0.329 e. The normalized spacial score (nSPS) is 29.2. The summed E-state index contributed by atoms with van der Waals surface area (Å²) < 4.78 is 0. The van der Waals surface area contributed by atoms with Crippen LogP contribution in [0.4, 0.5) is 0 Å². The zero-order valence-electron chi connectivity index (χ0n) is 13.0. The minimum absolute atomic E-state index is 0.309. The second-order valence-corrected chi connectivity index (χ2v) is 6.33. The van der Waals surface area contributed by atoms with E-state index in [2.05, 4.69) is 32.6 Å². The van der Waals surface area contributed by atoms with Crippen LogP contribution in [0.2, 0.25) is 0 Å². The molecule has 108 valence electrons. The maximum atomic E-state index is 6.18. The third-order valence-electron chi connectivity index (χ3n) is 5.27. The minimum atomic E-state index is 0.309. The lowest BCUT2D eigenvalue weighted by molar-refractivity contribution is 0.0349. The van der Waals surface area contributed by atoms with Crippen LogP contribution in [-0.4, -0.2) is 30.1 Å². The Balaban J connectivity index is 2.70. The van der Waals surface area contributed by atoms with Gasteiger partial charge in [0.2, 0.25) is 0 Å². The molecule has 1 rings (SSSR count). The summed E-state index contributed by atoms with van der Waals surface area (Å²) in [6.45, 7) is 12.6. The lowest BCUT2D eigenvalue weighted by Gasteiger charge is -2.48. The summed E-state index contributed by atoms with van der Waals surface area (Å²) in [7, 11) is 0. The fourth-order valence-corrected chi connectivity index (χ4v) is 3.47. The minimum Gasteiger partial charge on any atom is -0.329 e. The van der Waals surface area contributed by atoms with E-state index in [0.29, 0.717) is 5.54 Å². The van der Waals surface area contributed by atoms with Crippen LogP contribution in [0.25, 0.3) is 0 Å². The molecule has 1 saturated carbocycles. The molecule has 2 heteroatoms. The number of nitrogens with two attached hydrogens (primary N) is 1. The van der Waals surface area contributed by atoms with Crippen molar-refractivity contribution in [1.82, 2.24) is 4.90 Å². The molecule has 0 saturated heterocycles. The molecule has 0 aromatic rings. The molecule has 0 bridgehead atoms. The predicted octanol–water partition coefficient (Wildman–Crippen LogP) is 3.65. The predicted molar refractivity (Wildman–Crippen MR) is 80.7 cm³/mol. The van der Waals surface area contributed by atoms with Gasteiger partial charge in [-0.15, -0.1) is 0 Å². The van der Waals surface area contributed by atoms with Crippen molar-refractivity contribution in [3.8, 4) is 0 Å². The van der Waals surface area contributed by atoms with Gasteiger partial charge in [0.05, 0.1) is 0 Å². The Morgan fingerprint density at radius 2 is 1.72 bits per heavy atom. The van der Waals surface area contributed by atoms with E-state index >= 15 is 0 Å². The summed E-state index contributed by atoms with van der Waals surface area (Å²) in [5.41, 5.74) is 6.49. The van der Waals surface area contributed by atoms with Crippen molar-refractivity contribution in [3.63, 3.8) is 0 Å². The highest BCUT2D eigenvalue weighted by Gasteiger charge is 2.38. The van der Waals surface area contributed by atoms with Crippen LogP contribution in [0.1, 0.15) is 66.2 Å². The average molecular weight is 254 g/mol. The molecular weight excluding hydrogens is 220 g/mol. The number of nitrogens with zero attached hydrogens (tertiary/aromatic N) is 1. The van der Waals surface area contributed by atoms with Gasteiger partial charge in [-0.25, -0.2) is 0 Å². The van der Waals surface area contributed by atoms with Crippen LogP contribution in [0.15, 0.2) is 0 Å². The molecule has 1 aliphatic rings. The first-order valence-corrected chi connectivity index (χ1v) is 8.06. The SMILES string of the molecule is CCC(CC)CN(CC)C1(CN)CCC(C)CC1. The van der Waals surface area contributed by atoms with Crippen LogP contribution in [-0.2, 0) is 0 Å². The van der Waals surface area contributed by atoms with Gasteiger partial charge in [0.15, 0.2) is 0 Å². The summed E-state index contributed by atoms with van der Waals surface area (Å²) in [5.74, 6) is 1.74. The highest BCUT2D eigenvalue weighted by molar-refractivity contribution is 4.95. The van der Waals surface area contributed by atoms with Gasteiger partial charge in [0.25, 0.3) is 0 Å². The third-order valence-corrected chi connectivity index (χ3v) is 5.27. The molecule has 0 aromatic heterocycles. The smallest absolute Gasteiger partial charge is 0.0331 e. The first-order chi connectivity index (χ1) is 8.61. The van der Waals surface area contributed by atoms with Crippen molar-refractivity contribution in [3.05, 3.63) is 0 Å². The number of rotatable bonds is 7. The molecule has 0 radical (unpaired) electrons. The van der Waals surface area contributed by atoms with Gasteiger partial charge in [-0.1, -0.05) is 40.5 Å². The second-order valence-electron chi connectivity index (χ2n) is 6.33. The fourth-order valence-electron chi connectivity index (χ4n) is 3.47. The van der Waals surface area contributed by atoms with Gasteiger partial charge in [0, 0.05) is 18.6 Å². The molecule has 18 heavy (non-hydrogen) atoms. The Bertz CT molecular complexity index is 215. The quantitative estimate of drug-likeness (QED) is 0.751. The number of likely N-dealkylation sites (N-methyl/N-ethyl adjacent to an activating group) is 1. The Morgan fingerprint density at radius 1 is 1.17 bits per heavy atom.